The summed E-state index contributed by atoms with van der Waals surface area (Å²) in [6.07, 6.45) is 3.09. The summed E-state index contributed by atoms with van der Waals surface area (Å²) in [6.45, 7) is 11.8. The van der Waals surface area contributed by atoms with Crippen molar-refractivity contribution >= 4 is 17.6 Å². The Balaban J connectivity index is 1.54. The molecule has 1 aliphatic heterocycles. The lowest BCUT2D eigenvalue weighted by molar-refractivity contribution is -0.0823. The minimum atomic E-state index is 0.116. The van der Waals surface area contributed by atoms with Crippen molar-refractivity contribution in [3.63, 3.8) is 0 Å². The van der Waals surface area contributed by atoms with Crippen molar-refractivity contribution in [2.75, 3.05) is 26.2 Å². The van der Waals surface area contributed by atoms with Gasteiger partial charge >= 0.3 is 0 Å². The molecule has 0 bridgehead atoms. The van der Waals surface area contributed by atoms with Gasteiger partial charge in [-0.3, -0.25) is 4.99 Å². The highest BCUT2D eigenvalue weighted by Crippen LogP contribution is 2.34. The summed E-state index contributed by atoms with van der Waals surface area (Å²) in [6, 6.07) is 7.43. The standard InChI is InChI=1S/C23H34ClN5O2/c1-5-25-22(27-15-17-9-7-13-30-20(17)23(2,3)4)26-12-11-19-28-21(29-31-19)16-8-6-10-18(24)14-16/h6,8,10,14,17,20H,5,7,9,11-13,15H2,1-4H3,(H2,25,26,27). The van der Waals surface area contributed by atoms with E-state index < -0.39 is 0 Å². The average molecular weight is 448 g/mol. The van der Waals surface area contributed by atoms with Crippen LogP contribution in [0.2, 0.25) is 5.02 Å². The predicted octanol–water partition coefficient (Wildman–Crippen LogP) is 4.33. The van der Waals surface area contributed by atoms with Crippen molar-refractivity contribution in [1.82, 2.24) is 20.8 Å². The minimum absolute atomic E-state index is 0.116. The van der Waals surface area contributed by atoms with Crippen molar-refractivity contribution in [2.45, 2.75) is 53.1 Å². The first kappa shape index (κ1) is 23.5. The van der Waals surface area contributed by atoms with Gasteiger partial charge in [-0.05, 0) is 37.3 Å². The molecule has 2 N–H and O–H groups in total. The highest BCUT2D eigenvalue weighted by molar-refractivity contribution is 6.30. The van der Waals surface area contributed by atoms with Gasteiger partial charge in [0.2, 0.25) is 11.7 Å². The summed E-state index contributed by atoms with van der Waals surface area (Å²) in [5.74, 6) is 2.35. The van der Waals surface area contributed by atoms with Crippen LogP contribution in [0, 0.1) is 11.3 Å². The fourth-order valence-electron chi connectivity index (χ4n) is 3.93. The summed E-state index contributed by atoms with van der Waals surface area (Å²) < 4.78 is 11.5. The van der Waals surface area contributed by atoms with Crippen LogP contribution in [0.25, 0.3) is 11.4 Å². The molecule has 2 aromatic rings. The Morgan fingerprint density at radius 3 is 2.87 bits per heavy atom. The van der Waals surface area contributed by atoms with Crippen LogP contribution >= 0.6 is 11.6 Å². The first-order valence-electron chi connectivity index (χ1n) is 11.1. The smallest absolute Gasteiger partial charge is 0.228 e. The Labute approximate surface area is 190 Å². The third-order valence-electron chi connectivity index (χ3n) is 5.31. The normalized spacial score (nSPS) is 20.0. The van der Waals surface area contributed by atoms with Gasteiger partial charge < -0.3 is 19.9 Å². The summed E-state index contributed by atoms with van der Waals surface area (Å²) in [5, 5.41) is 11.4. The van der Waals surface area contributed by atoms with Crippen LogP contribution in [0.5, 0.6) is 0 Å². The van der Waals surface area contributed by atoms with Crippen LogP contribution in [0.3, 0.4) is 0 Å². The molecular formula is C23H34ClN5O2. The first-order chi connectivity index (χ1) is 14.9. The summed E-state index contributed by atoms with van der Waals surface area (Å²) >= 11 is 6.05. The molecule has 0 radical (unpaired) electrons. The number of rotatable bonds is 7. The Hall–Kier alpha value is -2.12. The molecule has 0 saturated carbocycles. The highest BCUT2D eigenvalue weighted by Gasteiger charge is 2.35. The number of hydrogen-bond acceptors (Lipinski definition) is 5. The van der Waals surface area contributed by atoms with E-state index in [-0.39, 0.29) is 11.5 Å². The molecule has 1 fully saturated rings. The maximum absolute atomic E-state index is 6.09. The molecule has 1 aliphatic rings. The molecule has 1 aromatic heterocycles. The minimum Gasteiger partial charge on any atom is -0.377 e. The molecule has 0 spiro atoms. The van der Waals surface area contributed by atoms with Gasteiger partial charge in [0.15, 0.2) is 5.96 Å². The molecule has 0 amide bonds. The number of benzene rings is 1. The Morgan fingerprint density at radius 1 is 1.29 bits per heavy atom. The molecule has 31 heavy (non-hydrogen) atoms. The number of guanidine groups is 1. The zero-order valence-corrected chi connectivity index (χ0v) is 19.7. The molecule has 2 heterocycles. The second-order valence-corrected chi connectivity index (χ2v) is 9.41. The third kappa shape index (κ3) is 6.94. The van der Waals surface area contributed by atoms with E-state index in [1.54, 1.807) is 0 Å². The molecule has 8 heteroatoms. The molecule has 0 aliphatic carbocycles. The summed E-state index contributed by atoms with van der Waals surface area (Å²) in [4.78, 5) is 9.30. The first-order valence-corrected chi connectivity index (χ1v) is 11.5. The number of nitrogens with zero attached hydrogens (tertiary/aromatic N) is 3. The lowest BCUT2D eigenvalue weighted by Crippen LogP contribution is -2.43. The molecular weight excluding hydrogens is 414 g/mol. The van der Waals surface area contributed by atoms with Crippen LogP contribution in [0.4, 0.5) is 0 Å². The number of hydrogen-bond donors (Lipinski definition) is 2. The topological polar surface area (TPSA) is 84.6 Å². The van der Waals surface area contributed by atoms with Gasteiger partial charge in [0, 0.05) is 49.2 Å². The molecule has 170 valence electrons. The lowest BCUT2D eigenvalue weighted by Gasteiger charge is -2.39. The van der Waals surface area contributed by atoms with Crippen molar-refractivity contribution in [3.05, 3.63) is 35.2 Å². The fraction of sp³-hybridized carbons (Fsp3) is 0.609. The van der Waals surface area contributed by atoms with Crippen molar-refractivity contribution in [1.29, 1.82) is 0 Å². The number of halogens is 1. The second-order valence-electron chi connectivity index (χ2n) is 8.98. The Kier molecular flexibility index (Phi) is 8.32. The zero-order chi connectivity index (χ0) is 22.3. The van der Waals surface area contributed by atoms with Crippen molar-refractivity contribution in [3.8, 4) is 11.4 Å². The van der Waals surface area contributed by atoms with Gasteiger partial charge in [0.1, 0.15) is 0 Å². The van der Waals surface area contributed by atoms with E-state index >= 15 is 0 Å². The van der Waals surface area contributed by atoms with E-state index in [4.69, 9.17) is 25.9 Å². The summed E-state index contributed by atoms with van der Waals surface area (Å²) in [5.41, 5.74) is 0.957. The van der Waals surface area contributed by atoms with E-state index in [0.29, 0.717) is 35.6 Å². The van der Waals surface area contributed by atoms with E-state index in [9.17, 15) is 0 Å². The van der Waals surface area contributed by atoms with Crippen LogP contribution in [0.1, 0.15) is 46.4 Å². The van der Waals surface area contributed by atoms with Gasteiger partial charge in [0.25, 0.3) is 0 Å². The largest absolute Gasteiger partial charge is 0.377 e. The van der Waals surface area contributed by atoms with Gasteiger partial charge in [-0.25, -0.2) is 0 Å². The van der Waals surface area contributed by atoms with Crippen LogP contribution in [-0.4, -0.2) is 48.4 Å². The molecule has 2 unspecified atom stereocenters. The number of ether oxygens (including phenoxy) is 1. The van der Waals surface area contributed by atoms with Crippen LogP contribution in [-0.2, 0) is 11.2 Å². The van der Waals surface area contributed by atoms with Gasteiger partial charge in [-0.2, -0.15) is 4.98 Å². The number of aromatic nitrogens is 2. The maximum atomic E-state index is 6.09. The Morgan fingerprint density at radius 2 is 2.13 bits per heavy atom. The van der Waals surface area contributed by atoms with E-state index in [0.717, 1.165) is 44.1 Å². The van der Waals surface area contributed by atoms with E-state index in [2.05, 4.69) is 48.5 Å². The highest BCUT2D eigenvalue weighted by atomic mass is 35.5. The molecule has 7 nitrogen and oxygen atoms in total. The second kappa shape index (κ2) is 11.0. The number of aliphatic imine (C=N–C) groups is 1. The maximum Gasteiger partial charge on any atom is 0.228 e. The molecule has 1 saturated heterocycles. The van der Waals surface area contributed by atoms with Gasteiger partial charge in [0.05, 0.1) is 6.10 Å². The monoisotopic (exact) mass is 447 g/mol. The van der Waals surface area contributed by atoms with Crippen LogP contribution < -0.4 is 10.6 Å². The molecule has 3 rings (SSSR count). The quantitative estimate of drug-likeness (QED) is 0.485. The Bertz CT molecular complexity index is 862. The molecule has 2 atom stereocenters. The van der Waals surface area contributed by atoms with Crippen molar-refractivity contribution < 1.29 is 9.26 Å². The lowest BCUT2D eigenvalue weighted by atomic mass is 9.78. The summed E-state index contributed by atoms with van der Waals surface area (Å²) in [7, 11) is 0. The van der Waals surface area contributed by atoms with Crippen molar-refractivity contribution in [2.24, 2.45) is 16.3 Å². The molecule has 1 aromatic carbocycles. The fourth-order valence-corrected chi connectivity index (χ4v) is 4.12. The predicted molar refractivity (Wildman–Crippen MR) is 124 cm³/mol. The van der Waals surface area contributed by atoms with E-state index in [1.165, 1.54) is 0 Å². The van der Waals surface area contributed by atoms with Crippen LogP contribution in [0.15, 0.2) is 33.8 Å². The zero-order valence-electron chi connectivity index (χ0n) is 18.9. The number of nitrogens with one attached hydrogen (secondary N) is 2. The third-order valence-corrected chi connectivity index (χ3v) is 5.54. The van der Waals surface area contributed by atoms with Gasteiger partial charge in [-0.1, -0.05) is 49.7 Å². The SMILES string of the molecule is CCNC(=NCC1CCCOC1C(C)(C)C)NCCc1nc(-c2cccc(Cl)c2)no1. The van der Waals surface area contributed by atoms with Gasteiger partial charge in [-0.15, -0.1) is 0 Å². The van der Waals surface area contributed by atoms with E-state index in [1.807, 2.05) is 24.3 Å². The average Bonchev–Trinajstić information content (AvgIpc) is 3.20.